The lowest BCUT2D eigenvalue weighted by atomic mass is 9.76. The molecule has 2 N–H and O–H groups in total. The van der Waals surface area contributed by atoms with E-state index in [1.54, 1.807) is 20.8 Å². The van der Waals surface area contributed by atoms with Gasteiger partial charge in [-0.25, -0.2) is 0 Å². The van der Waals surface area contributed by atoms with Gasteiger partial charge in [0.2, 0.25) is 0 Å². The van der Waals surface area contributed by atoms with Crippen LogP contribution >= 0.6 is 0 Å². The van der Waals surface area contributed by atoms with E-state index in [0.717, 1.165) is 6.42 Å². The molecule has 14 heavy (non-hydrogen) atoms. The van der Waals surface area contributed by atoms with Gasteiger partial charge in [-0.2, -0.15) is 0 Å². The van der Waals surface area contributed by atoms with Gasteiger partial charge in [-0.05, 0) is 40.0 Å². The summed E-state index contributed by atoms with van der Waals surface area (Å²) in [5, 5.41) is 12.2. The molecule has 80 valence electrons. The van der Waals surface area contributed by atoms with Gasteiger partial charge in [-0.15, -0.1) is 0 Å². The fourth-order valence-corrected chi connectivity index (χ4v) is 1.35. The van der Waals surface area contributed by atoms with Crippen LogP contribution < -0.4 is 5.32 Å². The zero-order valence-electron chi connectivity index (χ0n) is 8.89. The Hall–Kier alpha value is -0.900. The molecule has 1 fully saturated rings. The Labute approximate surface area is 83.7 Å². The smallest absolute Gasteiger partial charge is 0.290 e. The molecule has 0 unspecified atom stereocenters. The molecule has 4 nitrogen and oxygen atoms in total. The van der Waals surface area contributed by atoms with Crippen LogP contribution in [0.2, 0.25) is 0 Å². The van der Waals surface area contributed by atoms with Crippen LogP contribution in [0.25, 0.3) is 0 Å². The highest BCUT2D eigenvalue weighted by atomic mass is 16.3. The second-order valence-electron chi connectivity index (χ2n) is 4.92. The van der Waals surface area contributed by atoms with Crippen LogP contribution in [-0.4, -0.2) is 27.9 Å². The molecule has 1 rings (SSSR count). The highest BCUT2D eigenvalue weighted by Crippen LogP contribution is 2.32. The molecule has 0 atom stereocenters. The molecule has 0 aromatic carbocycles. The average molecular weight is 199 g/mol. The Kier molecular flexibility index (Phi) is 2.67. The van der Waals surface area contributed by atoms with Crippen molar-refractivity contribution in [3.63, 3.8) is 0 Å². The van der Waals surface area contributed by atoms with Crippen LogP contribution in [0.4, 0.5) is 0 Å². The third kappa shape index (κ3) is 2.32. The lowest BCUT2D eigenvalue weighted by Gasteiger charge is -2.34. The lowest BCUT2D eigenvalue weighted by molar-refractivity contribution is -0.156. The van der Waals surface area contributed by atoms with Gasteiger partial charge < -0.3 is 10.4 Å². The average Bonchev–Trinajstić information content (AvgIpc) is 1.95. The summed E-state index contributed by atoms with van der Waals surface area (Å²) in [4.78, 5) is 22.8. The Morgan fingerprint density at radius 2 is 1.79 bits per heavy atom. The summed E-state index contributed by atoms with van der Waals surface area (Å²) in [5.74, 6) is -1.38. The van der Waals surface area contributed by atoms with Crippen molar-refractivity contribution in [2.75, 3.05) is 0 Å². The molecular weight excluding hydrogens is 182 g/mol. The van der Waals surface area contributed by atoms with Crippen LogP contribution in [0.3, 0.4) is 0 Å². The van der Waals surface area contributed by atoms with E-state index >= 15 is 0 Å². The second kappa shape index (κ2) is 3.35. The molecule has 1 saturated carbocycles. The summed E-state index contributed by atoms with van der Waals surface area (Å²) >= 11 is 0. The number of hydrogen-bond donors (Lipinski definition) is 2. The van der Waals surface area contributed by atoms with Gasteiger partial charge in [-0.3, -0.25) is 9.59 Å². The van der Waals surface area contributed by atoms with E-state index in [9.17, 15) is 14.7 Å². The molecule has 1 aliphatic rings. The monoisotopic (exact) mass is 199 g/mol. The van der Waals surface area contributed by atoms with E-state index in [0.29, 0.717) is 12.8 Å². The van der Waals surface area contributed by atoms with Crippen molar-refractivity contribution in [2.24, 2.45) is 0 Å². The SMILES string of the molecule is CC(C)(C)NC(=O)C(=O)C1(O)CCC1. The molecular formula is C10H17NO3. The molecule has 1 aliphatic carbocycles. The fraction of sp³-hybridized carbons (Fsp3) is 0.800. The van der Waals surface area contributed by atoms with E-state index in [1.165, 1.54) is 0 Å². The van der Waals surface area contributed by atoms with Gasteiger partial charge >= 0.3 is 0 Å². The molecule has 0 aliphatic heterocycles. The van der Waals surface area contributed by atoms with Crippen molar-refractivity contribution in [3.8, 4) is 0 Å². The Morgan fingerprint density at radius 1 is 1.29 bits per heavy atom. The fourth-order valence-electron chi connectivity index (χ4n) is 1.35. The number of carbonyl (C=O) groups excluding carboxylic acids is 2. The van der Waals surface area contributed by atoms with E-state index < -0.39 is 22.8 Å². The van der Waals surface area contributed by atoms with E-state index in [2.05, 4.69) is 5.32 Å². The van der Waals surface area contributed by atoms with Gasteiger partial charge in [0, 0.05) is 5.54 Å². The Morgan fingerprint density at radius 3 is 2.07 bits per heavy atom. The maximum atomic E-state index is 11.5. The first-order valence-electron chi connectivity index (χ1n) is 4.84. The molecule has 0 saturated heterocycles. The number of amides is 1. The largest absolute Gasteiger partial charge is 0.381 e. The van der Waals surface area contributed by atoms with Crippen molar-refractivity contribution in [1.29, 1.82) is 0 Å². The maximum Gasteiger partial charge on any atom is 0.290 e. The van der Waals surface area contributed by atoms with Crippen molar-refractivity contribution >= 4 is 11.7 Å². The number of rotatable bonds is 2. The number of Topliss-reactive ketones (excluding diaryl/α,β-unsaturated/α-hetero) is 1. The summed E-state index contributed by atoms with van der Waals surface area (Å²) < 4.78 is 0. The molecule has 0 aromatic rings. The standard InChI is InChI=1S/C10H17NO3/c1-9(2,3)11-8(13)7(12)10(14)5-4-6-10/h14H,4-6H2,1-3H3,(H,11,13). The zero-order valence-corrected chi connectivity index (χ0v) is 8.89. The highest BCUT2D eigenvalue weighted by molar-refractivity contribution is 6.39. The number of carbonyl (C=O) groups is 2. The van der Waals surface area contributed by atoms with Crippen molar-refractivity contribution in [3.05, 3.63) is 0 Å². The summed E-state index contributed by atoms with van der Waals surface area (Å²) in [6.45, 7) is 5.38. The molecule has 0 bridgehead atoms. The third-order valence-corrected chi connectivity index (χ3v) is 2.30. The summed E-state index contributed by atoms with van der Waals surface area (Å²) in [6, 6.07) is 0. The highest BCUT2D eigenvalue weighted by Gasteiger charge is 2.45. The first-order chi connectivity index (χ1) is 6.25. The first-order valence-corrected chi connectivity index (χ1v) is 4.84. The minimum Gasteiger partial charge on any atom is -0.381 e. The Balaban J connectivity index is 2.57. The minimum absolute atomic E-state index is 0.406. The van der Waals surface area contributed by atoms with Gasteiger partial charge in [0.1, 0.15) is 5.60 Å². The summed E-state index contributed by atoms with van der Waals surface area (Å²) in [6.07, 6.45) is 1.62. The minimum atomic E-state index is -1.38. The number of hydrogen-bond acceptors (Lipinski definition) is 3. The van der Waals surface area contributed by atoms with Crippen molar-refractivity contribution in [2.45, 2.75) is 51.2 Å². The molecule has 0 aromatic heterocycles. The number of aliphatic hydroxyl groups is 1. The molecule has 0 radical (unpaired) electrons. The Bertz CT molecular complexity index is 261. The van der Waals surface area contributed by atoms with Gasteiger partial charge in [0.05, 0.1) is 0 Å². The topological polar surface area (TPSA) is 66.4 Å². The van der Waals surface area contributed by atoms with E-state index in [-0.39, 0.29) is 0 Å². The van der Waals surface area contributed by atoms with Crippen LogP contribution in [0, 0.1) is 0 Å². The first kappa shape index (κ1) is 11.2. The predicted molar refractivity (Wildman–Crippen MR) is 51.7 cm³/mol. The van der Waals surface area contributed by atoms with E-state index in [4.69, 9.17) is 0 Å². The molecule has 0 spiro atoms. The van der Waals surface area contributed by atoms with Crippen molar-refractivity contribution < 1.29 is 14.7 Å². The zero-order chi connectivity index (χ0) is 11.0. The predicted octanol–water partition coefficient (Wildman–Crippen LogP) is 0.385. The maximum absolute atomic E-state index is 11.5. The van der Waals surface area contributed by atoms with Gasteiger partial charge in [0.15, 0.2) is 0 Å². The van der Waals surface area contributed by atoms with Crippen molar-refractivity contribution in [1.82, 2.24) is 5.32 Å². The molecule has 0 heterocycles. The third-order valence-electron chi connectivity index (χ3n) is 2.30. The van der Waals surface area contributed by atoms with E-state index in [1.807, 2.05) is 0 Å². The molecule has 1 amide bonds. The quantitative estimate of drug-likeness (QED) is 0.632. The number of nitrogens with one attached hydrogen (secondary N) is 1. The lowest BCUT2D eigenvalue weighted by Crippen LogP contribution is -2.55. The van der Waals surface area contributed by atoms with Crippen LogP contribution in [0.15, 0.2) is 0 Å². The van der Waals surface area contributed by atoms with Gasteiger partial charge in [-0.1, -0.05) is 0 Å². The second-order valence-corrected chi connectivity index (χ2v) is 4.92. The molecule has 4 heteroatoms. The van der Waals surface area contributed by atoms with Gasteiger partial charge in [0.25, 0.3) is 11.7 Å². The number of ketones is 1. The van der Waals surface area contributed by atoms with Crippen LogP contribution in [0.1, 0.15) is 40.0 Å². The summed E-state index contributed by atoms with van der Waals surface area (Å²) in [5.41, 5.74) is -1.82. The normalized spacial score (nSPS) is 19.7. The van der Waals surface area contributed by atoms with Crippen LogP contribution in [-0.2, 0) is 9.59 Å². The van der Waals surface area contributed by atoms with Crippen LogP contribution in [0.5, 0.6) is 0 Å². The summed E-state index contributed by atoms with van der Waals surface area (Å²) in [7, 11) is 0.